The quantitative estimate of drug-likeness (QED) is 0.827. The second-order valence-corrected chi connectivity index (χ2v) is 7.55. The number of aryl methyl sites for hydroxylation is 2. The summed E-state index contributed by atoms with van der Waals surface area (Å²) >= 11 is 1.38. The van der Waals surface area contributed by atoms with Crippen LogP contribution >= 0.6 is 11.3 Å². The first kappa shape index (κ1) is 15.8. The molecule has 2 aliphatic rings. The Morgan fingerprint density at radius 3 is 2.67 bits per heavy atom. The minimum Gasteiger partial charge on any atom is -0.335 e. The lowest BCUT2D eigenvalue weighted by atomic mass is 10.2. The molecule has 1 amide bonds. The third-order valence-corrected chi connectivity index (χ3v) is 6.39. The van der Waals surface area contributed by atoms with Crippen molar-refractivity contribution in [2.75, 3.05) is 32.7 Å². The van der Waals surface area contributed by atoms with Gasteiger partial charge >= 0.3 is 0 Å². The highest BCUT2D eigenvalue weighted by Crippen LogP contribution is 2.29. The Kier molecular flexibility index (Phi) is 3.92. The van der Waals surface area contributed by atoms with Crippen molar-refractivity contribution in [3.63, 3.8) is 0 Å². The predicted octanol–water partition coefficient (Wildman–Crippen LogP) is 1.49. The molecule has 0 unspecified atom stereocenters. The van der Waals surface area contributed by atoms with Crippen LogP contribution in [0.2, 0.25) is 0 Å². The van der Waals surface area contributed by atoms with Crippen LogP contribution in [0.3, 0.4) is 0 Å². The van der Waals surface area contributed by atoms with Crippen LogP contribution in [0.4, 0.5) is 0 Å². The molecule has 4 rings (SSSR count). The number of thiophene rings is 1. The van der Waals surface area contributed by atoms with Gasteiger partial charge in [-0.3, -0.25) is 14.2 Å². The SMILES string of the molecule is CCN1CCN(C(=O)c2sc3nc4n(c(=O)c3c2C)CCC4)CC1. The Bertz CT molecular complexity index is 862. The predicted molar refractivity (Wildman–Crippen MR) is 95.0 cm³/mol. The van der Waals surface area contributed by atoms with E-state index in [4.69, 9.17) is 0 Å². The van der Waals surface area contributed by atoms with E-state index in [-0.39, 0.29) is 11.5 Å². The normalized spacial score (nSPS) is 18.3. The van der Waals surface area contributed by atoms with Gasteiger partial charge in [0.25, 0.3) is 11.5 Å². The van der Waals surface area contributed by atoms with Crippen LogP contribution in [0.5, 0.6) is 0 Å². The van der Waals surface area contributed by atoms with Gasteiger partial charge in [-0.2, -0.15) is 0 Å². The van der Waals surface area contributed by atoms with Gasteiger partial charge in [0.15, 0.2) is 0 Å². The fraction of sp³-hybridized carbons (Fsp3) is 0.588. The molecule has 128 valence electrons. The van der Waals surface area contributed by atoms with E-state index in [1.54, 1.807) is 4.57 Å². The van der Waals surface area contributed by atoms with E-state index in [2.05, 4.69) is 16.8 Å². The van der Waals surface area contributed by atoms with Crippen molar-refractivity contribution in [1.82, 2.24) is 19.4 Å². The number of carbonyl (C=O) groups excluding carboxylic acids is 1. The first-order valence-corrected chi connectivity index (χ1v) is 9.46. The molecule has 1 fully saturated rings. The van der Waals surface area contributed by atoms with Gasteiger partial charge in [0.1, 0.15) is 10.7 Å². The standard InChI is InChI=1S/C17H22N4O2S/c1-3-19-7-9-20(10-8-19)17(23)14-11(2)13-15(24-14)18-12-5-4-6-21(12)16(13)22/h3-10H2,1-2H3. The van der Waals surface area contributed by atoms with E-state index >= 15 is 0 Å². The van der Waals surface area contributed by atoms with E-state index in [1.807, 2.05) is 11.8 Å². The molecule has 0 spiro atoms. The lowest BCUT2D eigenvalue weighted by molar-refractivity contribution is 0.0647. The molecule has 2 aromatic heterocycles. The molecule has 0 aromatic carbocycles. The van der Waals surface area contributed by atoms with Gasteiger partial charge < -0.3 is 9.80 Å². The van der Waals surface area contributed by atoms with Gasteiger partial charge in [0.2, 0.25) is 0 Å². The van der Waals surface area contributed by atoms with Crippen LogP contribution in [0.15, 0.2) is 4.79 Å². The molecule has 0 radical (unpaired) electrons. The van der Waals surface area contributed by atoms with E-state index in [9.17, 15) is 9.59 Å². The number of carbonyl (C=O) groups is 1. The van der Waals surface area contributed by atoms with Crippen LogP contribution in [-0.2, 0) is 13.0 Å². The zero-order valence-electron chi connectivity index (χ0n) is 14.2. The maximum Gasteiger partial charge on any atom is 0.264 e. The van der Waals surface area contributed by atoms with Gasteiger partial charge in [-0.15, -0.1) is 11.3 Å². The Labute approximate surface area is 144 Å². The molecule has 2 aliphatic heterocycles. The van der Waals surface area contributed by atoms with Crippen LogP contribution in [0, 0.1) is 6.92 Å². The number of rotatable bonds is 2. The van der Waals surface area contributed by atoms with Crippen molar-refractivity contribution in [2.45, 2.75) is 33.2 Å². The lowest BCUT2D eigenvalue weighted by Gasteiger charge is -2.33. The summed E-state index contributed by atoms with van der Waals surface area (Å²) in [6.45, 7) is 9.14. The summed E-state index contributed by atoms with van der Waals surface area (Å²) in [6, 6.07) is 0. The lowest BCUT2D eigenvalue weighted by Crippen LogP contribution is -2.48. The number of likely N-dealkylation sites (N-methyl/N-ethyl adjacent to an activating group) is 1. The summed E-state index contributed by atoms with van der Waals surface area (Å²) in [5.74, 6) is 0.917. The van der Waals surface area contributed by atoms with E-state index in [1.165, 1.54) is 11.3 Å². The van der Waals surface area contributed by atoms with Crippen LogP contribution in [0.1, 0.15) is 34.4 Å². The summed E-state index contributed by atoms with van der Waals surface area (Å²) in [4.78, 5) is 36.0. The van der Waals surface area contributed by atoms with Gasteiger partial charge in [0.05, 0.1) is 10.3 Å². The molecule has 24 heavy (non-hydrogen) atoms. The number of piperazine rings is 1. The summed E-state index contributed by atoms with van der Waals surface area (Å²) < 4.78 is 1.77. The smallest absolute Gasteiger partial charge is 0.264 e. The molecule has 0 N–H and O–H groups in total. The average Bonchev–Trinajstić information content (AvgIpc) is 3.19. The zero-order valence-corrected chi connectivity index (χ0v) is 15.0. The topological polar surface area (TPSA) is 58.4 Å². The summed E-state index contributed by atoms with van der Waals surface area (Å²) in [5.41, 5.74) is 0.828. The fourth-order valence-corrected chi connectivity index (χ4v) is 4.85. The molecular formula is C17H22N4O2S. The number of hydrogen-bond acceptors (Lipinski definition) is 5. The highest BCUT2D eigenvalue weighted by molar-refractivity contribution is 7.20. The number of hydrogen-bond donors (Lipinski definition) is 0. The molecule has 6 nitrogen and oxygen atoms in total. The average molecular weight is 346 g/mol. The maximum absolute atomic E-state index is 12.9. The molecule has 1 saturated heterocycles. The van der Waals surface area contributed by atoms with Crippen molar-refractivity contribution < 1.29 is 4.79 Å². The first-order chi connectivity index (χ1) is 11.6. The number of fused-ring (bicyclic) bond motifs is 2. The van der Waals surface area contributed by atoms with Gasteiger partial charge in [-0.05, 0) is 25.5 Å². The van der Waals surface area contributed by atoms with Crippen molar-refractivity contribution >= 4 is 27.5 Å². The van der Waals surface area contributed by atoms with Crippen LogP contribution in [0.25, 0.3) is 10.2 Å². The summed E-state index contributed by atoms with van der Waals surface area (Å²) in [7, 11) is 0. The fourth-order valence-electron chi connectivity index (χ4n) is 3.69. The molecule has 0 bridgehead atoms. The zero-order chi connectivity index (χ0) is 16.8. The highest BCUT2D eigenvalue weighted by Gasteiger charge is 2.27. The summed E-state index contributed by atoms with van der Waals surface area (Å²) in [6.07, 6.45) is 1.83. The first-order valence-electron chi connectivity index (χ1n) is 8.64. The largest absolute Gasteiger partial charge is 0.335 e. The van der Waals surface area contributed by atoms with E-state index < -0.39 is 0 Å². The van der Waals surface area contributed by atoms with Crippen molar-refractivity contribution in [3.05, 3.63) is 26.6 Å². The molecule has 7 heteroatoms. The van der Waals surface area contributed by atoms with Crippen molar-refractivity contribution in [3.8, 4) is 0 Å². The van der Waals surface area contributed by atoms with Gasteiger partial charge in [0, 0.05) is 39.1 Å². The third kappa shape index (κ3) is 2.38. The van der Waals surface area contributed by atoms with Crippen LogP contribution in [-0.4, -0.2) is 58.0 Å². The molecule has 0 aliphatic carbocycles. The number of amides is 1. The molecule has 4 heterocycles. The Morgan fingerprint density at radius 1 is 1.21 bits per heavy atom. The molecule has 0 saturated carbocycles. The molecular weight excluding hydrogens is 324 g/mol. The van der Waals surface area contributed by atoms with Crippen LogP contribution < -0.4 is 5.56 Å². The summed E-state index contributed by atoms with van der Waals surface area (Å²) in [5, 5.41) is 0.640. The second kappa shape index (κ2) is 5.97. The number of nitrogens with zero attached hydrogens (tertiary/aromatic N) is 4. The third-order valence-electron chi connectivity index (χ3n) is 5.21. The van der Waals surface area contributed by atoms with Crippen molar-refractivity contribution in [2.24, 2.45) is 0 Å². The van der Waals surface area contributed by atoms with Gasteiger partial charge in [-0.25, -0.2) is 4.98 Å². The minimum absolute atomic E-state index is 0.0242. The van der Waals surface area contributed by atoms with E-state index in [0.717, 1.165) is 68.3 Å². The Morgan fingerprint density at radius 2 is 1.96 bits per heavy atom. The number of aromatic nitrogens is 2. The highest BCUT2D eigenvalue weighted by atomic mass is 32.1. The Hall–Kier alpha value is -1.73. The Balaban J connectivity index is 1.70. The minimum atomic E-state index is 0.0242. The second-order valence-electron chi connectivity index (χ2n) is 6.55. The van der Waals surface area contributed by atoms with Gasteiger partial charge in [-0.1, -0.05) is 6.92 Å². The maximum atomic E-state index is 12.9. The van der Waals surface area contributed by atoms with E-state index in [0.29, 0.717) is 10.3 Å². The molecule has 2 aromatic rings. The molecule has 0 atom stereocenters. The monoisotopic (exact) mass is 346 g/mol. The van der Waals surface area contributed by atoms with Crippen molar-refractivity contribution in [1.29, 1.82) is 0 Å².